The molecule has 0 aliphatic rings. The smallest absolute Gasteiger partial charge is 0.341 e. The van der Waals surface area contributed by atoms with Crippen molar-refractivity contribution in [2.75, 3.05) is 6.61 Å². The maximum atomic E-state index is 12.0. The zero-order chi connectivity index (χ0) is 16.2. The highest BCUT2D eigenvalue weighted by Crippen LogP contribution is 2.24. The summed E-state index contributed by atoms with van der Waals surface area (Å²) >= 11 is 0. The van der Waals surface area contributed by atoms with E-state index in [0.717, 1.165) is 24.8 Å². The van der Waals surface area contributed by atoms with Gasteiger partial charge in [-0.15, -0.1) is 0 Å². The minimum atomic E-state index is -0.464. The topological polar surface area (TPSA) is 46.5 Å². The van der Waals surface area contributed by atoms with Crippen LogP contribution in [0, 0.1) is 0 Å². The van der Waals surface area contributed by atoms with Crippen molar-refractivity contribution in [1.82, 2.24) is 0 Å². The lowest BCUT2D eigenvalue weighted by Gasteiger charge is -2.09. The van der Waals surface area contributed by atoms with Crippen molar-refractivity contribution in [3.8, 4) is 5.75 Å². The largest absolute Gasteiger partial charge is 0.507 e. The molecule has 0 heterocycles. The van der Waals surface area contributed by atoms with Gasteiger partial charge in [-0.1, -0.05) is 50.3 Å². The van der Waals surface area contributed by atoms with Gasteiger partial charge in [0.25, 0.3) is 0 Å². The minimum Gasteiger partial charge on any atom is -0.507 e. The van der Waals surface area contributed by atoms with Gasteiger partial charge in [0.1, 0.15) is 11.3 Å². The first-order valence-electron chi connectivity index (χ1n) is 7.98. The van der Waals surface area contributed by atoms with Gasteiger partial charge >= 0.3 is 5.97 Å². The third kappa shape index (κ3) is 6.17. The molecule has 0 amide bonds. The third-order valence-corrected chi connectivity index (χ3v) is 3.24. The molecule has 1 rings (SSSR count). The van der Waals surface area contributed by atoms with E-state index in [0.29, 0.717) is 19.4 Å². The maximum Gasteiger partial charge on any atom is 0.341 e. The lowest BCUT2D eigenvalue weighted by atomic mass is 10.0. The molecule has 0 bridgehead atoms. The van der Waals surface area contributed by atoms with E-state index in [-0.39, 0.29) is 11.3 Å². The Bertz CT molecular complexity index is 515. The molecule has 1 N–H and O–H groups in total. The van der Waals surface area contributed by atoms with Crippen LogP contribution in [0.15, 0.2) is 42.5 Å². The average molecular weight is 302 g/mol. The van der Waals surface area contributed by atoms with Crippen molar-refractivity contribution in [3.05, 3.63) is 53.6 Å². The highest BCUT2D eigenvalue weighted by molar-refractivity contribution is 5.92. The molecule has 0 radical (unpaired) electrons. The van der Waals surface area contributed by atoms with E-state index in [1.165, 1.54) is 0 Å². The van der Waals surface area contributed by atoms with E-state index in [2.05, 4.69) is 26.0 Å². The number of hydrogen-bond acceptors (Lipinski definition) is 3. The summed E-state index contributed by atoms with van der Waals surface area (Å²) in [6, 6.07) is 5.23. The van der Waals surface area contributed by atoms with Crippen LogP contribution in [0.1, 0.15) is 55.5 Å². The summed E-state index contributed by atoms with van der Waals surface area (Å²) in [5, 5.41) is 10.2. The number of allylic oxidation sites excluding steroid dienone is 3. The van der Waals surface area contributed by atoms with E-state index < -0.39 is 5.97 Å². The van der Waals surface area contributed by atoms with Gasteiger partial charge < -0.3 is 9.84 Å². The van der Waals surface area contributed by atoms with E-state index in [4.69, 9.17) is 4.74 Å². The number of phenolic OH excluding ortho intramolecular Hbond substituents is 1. The molecule has 1 aromatic rings. The lowest BCUT2D eigenvalue weighted by molar-refractivity contribution is 0.0508. The normalized spacial score (nSPS) is 11.4. The summed E-state index contributed by atoms with van der Waals surface area (Å²) in [6.45, 7) is 4.47. The summed E-state index contributed by atoms with van der Waals surface area (Å²) in [7, 11) is 0. The summed E-state index contributed by atoms with van der Waals surface area (Å²) in [6.07, 6.45) is 12.4. The number of benzene rings is 1. The second-order valence-electron chi connectivity index (χ2n) is 5.04. The Morgan fingerprint density at radius 2 is 1.77 bits per heavy atom. The van der Waals surface area contributed by atoms with E-state index in [1.54, 1.807) is 12.1 Å². The first kappa shape index (κ1) is 18.0. The Hall–Kier alpha value is -2.03. The molecule has 0 saturated carbocycles. The molecule has 0 unspecified atom stereocenters. The zero-order valence-electron chi connectivity index (χ0n) is 13.5. The van der Waals surface area contributed by atoms with Gasteiger partial charge in [0.2, 0.25) is 0 Å². The first-order valence-corrected chi connectivity index (χ1v) is 7.98. The van der Waals surface area contributed by atoms with Gasteiger partial charge in [-0.2, -0.15) is 0 Å². The molecule has 0 aromatic heterocycles. The van der Waals surface area contributed by atoms with Gasteiger partial charge in [0.15, 0.2) is 0 Å². The number of aromatic hydroxyl groups is 1. The molecule has 0 fully saturated rings. The molecule has 0 aliphatic carbocycles. The van der Waals surface area contributed by atoms with Crippen molar-refractivity contribution < 1.29 is 14.6 Å². The van der Waals surface area contributed by atoms with Crippen molar-refractivity contribution in [1.29, 1.82) is 0 Å². The highest BCUT2D eigenvalue weighted by atomic mass is 16.5. The quantitative estimate of drug-likeness (QED) is 0.405. The second kappa shape index (κ2) is 10.7. The van der Waals surface area contributed by atoms with Gasteiger partial charge in [-0.3, -0.25) is 0 Å². The Morgan fingerprint density at radius 1 is 1.09 bits per heavy atom. The van der Waals surface area contributed by atoms with Crippen molar-refractivity contribution in [3.63, 3.8) is 0 Å². The molecular formula is C19H26O3. The van der Waals surface area contributed by atoms with Gasteiger partial charge in [-0.05, 0) is 43.7 Å². The van der Waals surface area contributed by atoms with Crippen LogP contribution >= 0.6 is 0 Å². The lowest BCUT2D eigenvalue weighted by Crippen LogP contribution is -2.07. The summed E-state index contributed by atoms with van der Waals surface area (Å²) in [5.41, 5.74) is 1.03. The van der Waals surface area contributed by atoms with E-state index in [1.807, 2.05) is 18.2 Å². The number of phenols is 1. The van der Waals surface area contributed by atoms with Gasteiger partial charge in [-0.25, -0.2) is 4.79 Å². The van der Waals surface area contributed by atoms with Crippen LogP contribution in [0.3, 0.4) is 0 Å². The summed E-state index contributed by atoms with van der Waals surface area (Å²) < 4.78 is 5.19. The fourth-order valence-electron chi connectivity index (χ4n) is 2.06. The second-order valence-corrected chi connectivity index (χ2v) is 5.04. The van der Waals surface area contributed by atoms with Crippen molar-refractivity contribution in [2.45, 2.75) is 46.0 Å². The zero-order valence-corrected chi connectivity index (χ0v) is 13.5. The van der Waals surface area contributed by atoms with Crippen LogP contribution < -0.4 is 0 Å². The molecule has 3 nitrogen and oxygen atoms in total. The number of ether oxygens (including phenoxy) is 1. The number of esters is 1. The predicted molar refractivity (Wildman–Crippen MR) is 90.2 cm³/mol. The Kier molecular flexibility index (Phi) is 8.73. The predicted octanol–water partition coefficient (Wildman–Crippen LogP) is 4.80. The average Bonchev–Trinajstić information content (AvgIpc) is 2.52. The number of carbonyl (C=O) groups excluding carboxylic acids is 1. The fourth-order valence-corrected chi connectivity index (χ4v) is 2.06. The SMILES string of the molecule is CC/C=C\CCOC(=O)c1cccc(CC/C=C\CC)c1O. The van der Waals surface area contributed by atoms with Crippen LogP contribution in [0.25, 0.3) is 0 Å². The van der Waals surface area contributed by atoms with Gasteiger partial charge in [0.05, 0.1) is 6.61 Å². The number of aryl methyl sites for hydroxylation is 1. The minimum absolute atomic E-state index is 0.0431. The molecular weight excluding hydrogens is 276 g/mol. The number of carbonyl (C=O) groups is 1. The van der Waals surface area contributed by atoms with Crippen LogP contribution in [0.4, 0.5) is 0 Å². The Labute approximate surface area is 133 Å². The molecule has 0 atom stereocenters. The van der Waals surface area contributed by atoms with Crippen LogP contribution in [0.2, 0.25) is 0 Å². The highest BCUT2D eigenvalue weighted by Gasteiger charge is 2.14. The Morgan fingerprint density at radius 3 is 2.45 bits per heavy atom. The molecule has 1 aromatic carbocycles. The number of para-hydroxylation sites is 1. The molecule has 22 heavy (non-hydrogen) atoms. The standard InChI is InChI=1S/C19H26O3/c1-3-5-7-9-12-16-13-11-14-17(18(16)20)19(21)22-15-10-8-6-4-2/h5-8,11,13-14,20H,3-4,9-10,12,15H2,1-2H3/b7-5-,8-6-. The fraction of sp³-hybridized carbons (Fsp3) is 0.421. The van der Waals surface area contributed by atoms with Crippen molar-refractivity contribution in [2.24, 2.45) is 0 Å². The monoisotopic (exact) mass is 302 g/mol. The summed E-state index contributed by atoms with van der Waals surface area (Å²) in [5.74, 6) is -0.421. The number of hydrogen-bond donors (Lipinski definition) is 1. The molecule has 0 saturated heterocycles. The maximum absolute atomic E-state index is 12.0. The summed E-state index contributed by atoms with van der Waals surface area (Å²) in [4.78, 5) is 12.0. The molecule has 0 spiro atoms. The van der Waals surface area contributed by atoms with Crippen LogP contribution in [-0.4, -0.2) is 17.7 Å². The van der Waals surface area contributed by atoms with E-state index >= 15 is 0 Å². The Balaban J connectivity index is 2.60. The third-order valence-electron chi connectivity index (χ3n) is 3.24. The van der Waals surface area contributed by atoms with Crippen molar-refractivity contribution >= 4 is 5.97 Å². The van der Waals surface area contributed by atoms with Crippen LogP contribution in [0.5, 0.6) is 5.75 Å². The first-order chi connectivity index (χ1) is 10.7. The molecule has 3 heteroatoms. The number of rotatable bonds is 9. The molecule has 120 valence electrons. The molecule has 0 aliphatic heterocycles. The van der Waals surface area contributed by atoms with Crippen LogP contribution in [-0.2, 0) is 11.2 Å². The van der Waals surface area contributed by atoms with Gasteiger partial charge in [0, 0.05) is 0 Å². The van der Waals surface area contributed by atoms with E-state index in [9.17, 15) is 9.90 Å².